The SMILES string of the molecule is COCCCC(N)C(=O)NCCOc1ccccc1. The van der Waals surface area contributed by atoms with Crippen LogP contribution in [0.5, 0.6) is 5.75 Å². The monoisotopic (exact) mass is 266 g/mol. The van der Waals surface area contributed by atoms with Crippen molar-refractivity contribution < 1.29 is 14.3 Å². The number of methoxy groups -OCH3 is 1. The van der Waals surface area contributed by atoms with Crippen LogP contribution < -0.4 is 15.8 Å². The Morgan fingerprint density at radius 2 is 2.05 bits per heavy atom. The van der Waals surface area contributed by atoms with E-state index in [-0.39, 0.29) is 5.91 Å². The van der Waals surface area contributed by atoms with Gasteiger partial charge in [0.2, 0.25) is 5.91 Å². The Labute approximate surface area is 114 Å². The van der Waals surface area contributed by atoms with Crippen molar-refractivity contribution in [3.05, 3.63) is 30.3 Å². The molecule has 3 N–H and O–H groups in total. The number of nitrogens with one attached hydrogen (secondary N) is 1. The number of carbonyl (C=O) groups excluding carboxylic acids is 1. The molecule has 5 nitrogen and oxygen atoms in total. The van der Waals surface area contributed by atoms with E-state index in [2.05, 4.69) is 5.32 Å². The van der Waals surface area contributed by atoms with Gasteiger partial charge in [0, 0.05) is 13.7 Å². The first-order valence-corrected chi connectivity index (χ1v) is 6.44. The number of benzene rings is 1. The fourth-order valence-corrected chi connectivity index (χ4v) is 1.57. The summed E-state index contributed by atoms with van der Waals surface area (Å²) in [6.07, 6.45) is 1.41. The quantitative estimate of drug-likeness (QED) is 0.652. The zero-order valence-electron chi connectivity index (χ0n) is 11.3. The Morgan fingerprint density at radius 3 is 2.74 bits per heavy atom. The van der Waals surface area contributed by atoms with Crippen LogP contribution in [0.2, 0.25) is 0 Å². The third-order valence-electron chi connectivity index (χ3n) is 2.61. The van der Waals surface area contributed by atoms with Crippen molar-refractivity contribution in [3.63, 3.8) is 0 Å². The maximum atomic E-state index is 11.6. The van der Waals surface area contributed by atoms with Crippen molar-refractivity contribution in [2.24, 2.45) is 5.73 Å². The molecule has 1 amide bonds. The van der Waals surface area contributed by atoms with Gasteiger partial charge < -0.3 is 20.5 Å². The lowest BCUT2D eigenvalue weighted by molar-refractivity contribution is -0.122. The Morgan fingerprint density at radius 1 is 1.32 bits per heavy atom. The third kappa shape index (κ3) is 6.79. The summed E-state index contributed by atoms with van der Waals surface area (Å²) in [5.41, 5.74) is 5.74. The molecular weight excluding hydrogens is 244 g/mol. The standard InChI is InChI=1S/C14H22N2O3/c1-18-10-5-8-13(15)14(17)16-9-11-19-12-6-3-2-4-7-12/h2-4,6-7,13H,5,8-11,15H2,1H3,(H,16,17). The van der Waals surface area contributed by atoms with Gasteiger partial charge in [0.1, 0.15) is 12.4 Å². The molecule has 0 saturated heterocycles. The molecule has 19 heavy (non-hydrogen) atoms. The summed E-state index contributed by atoms with van der Waals surface area (Å²) < 4.78 is 10.4. The van der Waals surface area contributed by atoms with E-state index in [1.165, 1.54) is 0 Å². The summed E-state index contributed by atoms with van der Waals surface area (Å²) >= 11 is 0. The first-order chi connectivity index (χ1) is 9.24. The number of nitrogens with two attached hydrogens (primary N) is 1. The summed E-state index contributed by atoms with van der Waals surface area (Å²) in [5, 5.41) is 2.75. The number of ether oxygens (including phenoxy) is 2. The number of para-hydroxylation sites is 1. The van der Waals surface area contributed by atoms with Crippen LogP contribution in [-0.2, 0) is 9.53 Å². The normalized spacial score (nSPS) is 11.9. The van der Waals surface area contributed by atoms with Gasteiger partial charge in [-0.2, -0.15) is 0 Å². The highest BCUT2D eigenvalue weighted by Crippen LogP contribution is 2.07. The van der Waals surface area contributed by atoms with E-state index >= 15 is 0 Å². The first kappa shape index (κ1) is 15.5. The molecule has 0 spiro atoms. The highest BCUT2D eigenvalue weighted by molar-refractivity contribution is 5.81. The van der Waals surface area contributed by atoms with Gasteiger partial charge >= 0.3 is 0 Å². The molecule has 1 unspecified atom stereocenters. The second-order valence-corrected chi connectivity index (χ2v) is 4.19. The van der Waals surface area contributed by atoms with Crippen LogP contribution in [0, 0.1) is 0 Å². The summed E-state index contributed by atoms with van der Waals surface area (Å²) in [6, 6.07) is 9.00. The minimum Gasteiger partial charge on any atom is -0.492 e. The summed E-state index contributed by atoms with van der Waals surface area (Å²) in [5.74, 6) is 0.647. The van der Waals surface area contributed by atoms with Crippen molar-refractivity contribution in [2.75, 3.05) is 26.9 Å². The van der Waals surface area contributed by atoms with Gasteiger partial charge in [-0.05, 0) is 25.0 Å². The molecule has 1 rings (SSSR count). The van der Waals surface area contributed by atoms with Crippen molar-refractivity contribution in [3.8, 4) is 5.75 Å². The van der Waals surface area contributed by atoms with Crippen molar-refractivity contribution in [1.29, 1.82) is 0 Å². The van der Waals surface area contributed by atoms with Crippen LogP contribution in [0.3, 0.4) is 0 Å². The van der Waals surface area contributed by atoms with E-state index in [0.29, 0.717) is 26.2 Å². The Hall–Kier alpha value is -1.59. The molecule has 1 atom stereocenters. The van der Waals surface area contributed by atoms with Gasteiger partial charge in [-0.1, -0.05) is 18.2 Å². The van der Waals surface area contributed by atoms with E-state index < -0.39 is 6.04 Å². The van der Waals surface area contributed by atoms with Gasteiger partial charge in [-0.15, -0.1) is 0 Å². The molecule has 0 saturated carbocycles. The van der Waals surface area contributed by atoms with E-state index in [0.717, 1.165) is 12.2 Å². The number of hydrogen-bond donors (Lipinski definition) is 2. The van der Waals surface area contributed by atoms with Gasteiger partial charge in [-0.25, -0.2) is 0 Å². The number of amides is 1. The predicted molar refractivity (Wildman–Crippen MR) is 74.0 cm³/mol. The maximum absolute atomic E-state index is 11.6. The Balaban J connectivity index is 2.09. The van der Waals surface area contributed by atoms with E-state index in [9.17, 15) is 4.79 Å². The van der Waals surface area contributed by atoms with Crippen LogP contribution in [0.1, 0.15) is 12.8 Å². The average molecular weight is 266 g/mol. The van der Waals surface area contributed by atoms with E-state index in [1.807, 2.05) is 30.3 Å². The second-order valence-electron chi connectivity index (χ2n) is 4.19. The zero-order valence-corrected chi connectivity index (χ0v) is 11.3. The molecule has 0 heterocycles. The zero-order chi connectivity index (χ0) is 13.9. The molecule has 106 valence electrons. The molecule has 0 aromatic heterocycles. The molecule has 5 heteroatoms. The fourth-order valence-electron chi connectivity index (χ4n) is 1.57. The van der Waals surface area contributed by atoms with Gasteiger partial charge in [0.15, 0.2) is 0 Å². The molecular formula is C14H22N2O3. The molecule has 0 fully saturated rings. The highest BCUT2D eigenvalue weighted by Gasteiger charge is 2.11. The molecule has 1 aromatic rings. The lowest BCUT2D eigenvalue weighted by Gasteiger charge is -2.12. The van der Waals surface area contributed by atoms with Crippen LogP contribution in [0.4, 0.5) is 0 Å². The number of hydrogen-bond acceptors (Lipinski definition) is 4. The molecule has 0 bridgehead atoms. The molecule has 1 aromatic carbocycles. The van der Waals surface area contributed by atoms with Crippen LogP contribution in [0.25, 0.3) is 0 Å². The van der Waals surface area contributed by atoms with Crippen molar-refractivity contribution in [2.45, 2.75) is 18.9 Å². The minimum absolute atomic E-state index is 0.146. The Kier molecular flexibility index (Phi) is 7.62. The minimum atomic E-state index is -0.480. The highest BCUT2D eigenvalue weighted by atomic mass is 16.5. The van der Waals surface area contributed by atoms with Crippen LogP contribution >= 0.6 is 0 Å². The third-order valence-corrected chi connectivity index (χ3v) is 2.61. The van der Waals surface area contributed by atoms with E-state index in [1.54, 1.807) is 7.11 Å². The molecule has 0 aliphatic heterocycles. The smallest absolute Gasteiger partial charge is 0.237 e. The molecule has 0 radical (unpaired) electrons. The lowest BCUT2D eigenvalue weighted by atomic mass is 10.1. The maximum Gasteiger partial charge on any atom is 0.237 e. The van der Waals surface area contributed by atoms with Gasteiger partial charge in [0.25, 0.3) is 0 Å². The van der Waals surface area contributed by atoms with Crippen LogP contribution in [0.15, 0.2) is 30.3 Å². The van der Waals surface area contributed by atoms with E-state index in [4.69, 9.17) is 15.2 Å². The second kappa shape index (κ2) is 9.35. The number of rotatable bonds is 9. The molecule has 0 aliphatic rings. The average Bonchev–Trinajstić information content (AvgIpc) is 2.44. The fraction of sp³-hybridized carbons (Fsp3) is 0.500. The number of carbonyl (C=O) groups is 1. The van der Waals surface area contributed by atoms with Crippen LogP contribution in [-0.4, -0.2) is 38.8 Å². The summed E-state index contributed by atoms with van der Waals surface area (Å²) in [6.45, 7) is 1.50. The van der Waals surface area contributed by atoms with Crippen molar-refractivity contribution in [1.82, 2.24) is 5.32 Å². The van der Waals surface area contributed by atoms with Gasteiger partial charge in [-0.3, -0.25) is 4.79 Å². The van der Waals surface area contributed by atoms with Crippen molar-refractivity contribution >= 4 is 5.91 Å². The topological polar surface area (TPSA) is 73.6 Å². The lowest BCUT2D eigenvalue weighted by Crippen LogP contribution is -2.42. The largest absolute Gasteiger partial charge is 0.492 e. The summed E-state index contributed by atoms with van der Waals surface area (Å²) in [4.78, 5) is 11.6. The summed E-state index contributed by atoms with van der Waals surface area (Å²) in [7, 11) is 1.63. The first-order valence-electron chi connectivity index (χ1n) is 6.44. The predicted octanol–water partition coefficient (Wildman–Crippen LogP) is 0.936. The van der Waals surface area contributed by atoms with Gasteiger partial charge in [0.05, 0.1) is 12.6 Å². The molecule has 0 aliphatic carbocycles. The Bertz CT molecular complexity index is 357.